The van der Waals surface area contributed by atoms with Gasteiger partial charge >= 0.3 is 12.0 Å². The van der Waals surface area contributed by atoms with E-state index in [1.54, 1.807) is 11.8 Å². The summed E-state index contributed by atoms with van der Waals surface area (Å²) in [7, 11) is 0. The van der Waals surface area contributed by atoms with E-state index >= 15 is 0 Å². The van der Waals surface area contributed by atoms with E-state index in [2.05, 4.69) is 10.5 Å². The molecule has 1 aromatic heterocycles. The van der Waals surface area contributed by atoms with Crippen LogP contribution in [0.15, 0.2) is 4.52 Å². The van der Waals surface area contributed by atoms with Crippen molar-refractivity contribution in [3.05, 3.63) is 17.0 Å². The lowest BCUT2D eigenvalue weighted by molar-refractivity contribution is -0.137. The summed E-state index contributed by atoms with van der Waals surface area (Å²) in [5, 5.41) is 15.6. The maximum absolute atomic E-state index is 12.3. The summed E-state index contributed by atoms with van der Waals surface area (Å²) >= 11 is 0. The van der Waals surface area contributed by atoms with Gasteiger partial charge in [0.15, 0.2) is 0 Å². The van der Waals surface area contributed by atoms with Crippen molar-refractivity contribution in [2.75, 3.05) is 6.54 Å². The normalized spacial score (nSPS) is 15.6. The first-order chi connectivity index (χ1) is 9.90. The van der Waals surface area contributed by atoms with Gasteiger partial charge in [0.1, 0.15) is 5.76 Å². The van der Waals surface area contributed by atoms with Crippen molar-refractivity contribution >= 4 is 12.0 Å². The number of rotatable bonds is 6. The number of hydrogen-bond acceptors (Lipinski definition) is 4. The lowest BCUT2D eigenvalue weighted by atomic mass is 10.1. The topological polar surface area (TPSA) is 95.7 Å². The molecule has 1 heterocycles. The Balaban J connectivity index is 1.99. The highest BCUT2D eigenvalue weighted by Crippen LogP contribution is 2.28. The average Bonchev–Trinajstić information content (AvgIpc) is 3.15. The van der Waals surface area contributed by atoms with Gasteiger partial charge in [0.25, 0.3) is 0 Å². The Morgan fingerprint density at radius 2 is 2.14 bits per heavy atom. The Hall–Kier alpha value is -2.05. The molecule has 0 saturated heterocycles. The molecule has 1 aromatic rings. The molecule has 1 aliphatic rings. The number of aliphatic carboxylic acids is 1. The number of nitrogens with one attached hydrogen (secondary N) is 1. The standard InChI is InChI=1S/C14H21N3O4/c1-8(13-9(2)16-21-10(13)3)15-14(20)17(11-4-5-11)7-6-12(18)19/h8,11H,4-7H2,1-3H3,(H,15,20)(H,18,19). The molecule has 2 N–H and O–H groups in total. The zero-order valence-corrected chi connectivity index (χ0v) is 12.5. The number of carboxylic acid groups (broad SMARTS) is 1. The highest BCUT2D eigenvalue weighted by atomic mass is 16.5. The molecule has 7 nitrogen and oxygen atoms in total. The van der Waals surface area contributed by atoms with Gasteiger partial charge in [-0.2, -0.15) is 0 Å². The van der Waals surface area contributed by atoms with Crippen LogP contribution in [0.5, 0.6) is 0 Å². The quantitative estimate of drug-likeness (QED) is 0.837. The molecule has 0 bridgehead atoms. The molecule has 1 aliphatic carbocycles. The minimum absolute atomic E-state index is 0.0381. The molecule has 1 saturated carbocycles. The van der Waals surface area contributed by atoms with Gasteiger partial charge in [0.05, 0.1) is 18.2 Å². The van der Waals surface area contributed by atoms with Crippen LogP contribution in [0.2, 0.25) is 0 Å². The van der Waals surface area contributed by atoms with Crippen LogP contribution >= 0.6 is 0 Å². The van der Waals surface area contributed by atoms with Crippen molar-refractivity contribution in [1.29, 1.82) is 0 Å². The summed E-state index contributed by atoms with van der Waals surface area (Å²) in [6.45, 7) is 5.74. The molecule has 2 amide bonds. The van der Waals surface area contributed by atoms with Crippen LogP contribution in [0.25, 0.3) is 0 Å². The van der Waals surface area contributed by atoms with E-state index in [1.807, 2.05) is 13.8 Å². The van der Waals surface area contributed by atoms with Gasteiger partial charge in [-0.25, -0.2) is 4.79 Å². The monoisotopic (exact) mass is 295 g/mol. The Bertz CT molecular complexity index is 517. The van der Waals surface area contributed by atoms with Crippen molar-refractivity contribution in [1.82, 2.24) is 15.4 Å². The molecule has 116 valence electrons. The van der Waals surface area contributed by atoms with Crippen molar-refractivity contribution in [3.8, 4) is 0 Å². The number of aromatic nitrogens is 1. The van der Waals surface area contributed by atoms with Gasteiger partial charge in [0, 0.05) is 18.2 Å². The van der Waals surface area contributed by atoms with Crippen molar-refractivity contribution in [3.63, 3.8) is 0 Å². The van der Waals surface area contributed by atoms with Gasteiger partial charge in [-0.15, -0.1) is 0 Å². The molecule has 0 aromatic carbocycles. The summed E-state index contributed by atoms with van der Waals surface area (Å²) in [4.78, 5) is 24.6. The summed E-state index contributed by atoms with van der Waals surface area (Å²) in [5.74, 6) is -0.212. The number of hydrogen-bond donors (Lipinski definition) is 2. The second-order valence-electron chi connectivity index (χ2n) is 5.48. The van der Waals surface area contributed by atoms with Crippen molar-refractivity contribution < 1.29 is 19.2 Å². The molecule has 21 heavy (non-hydrogen) atoms. The third-order valence-electron chi connectivity index (χ3n) is 3.68. The van der Waals surface area contributed by atoms with Crippen LogP contribution in [0.1, 0.15) is 49.2 Å². The predicted molar refractivity (Wildman–Crippen MR) is 74.9 cm³/mol. The first-order valence-corrected chi connectivity index (χ1v) is 7.11. The number of amides is 2. The van der Waals surface area contributed by atoms with Gasteiger partial charge in [-0.1, -0.05) is 5.16 Å². The van der Waals surface area contributed by atoms with Crippen LogP contribution in [0.4, 0.5) is 4.79 Å². The molecule has 7 heteroatoms. The Labute approximate surface area is 123 Å². The lowest BCUT2D eigenvalue weighted by Gasteiger charge is -2.24. The predicted octanol–water partition coefficient (Wildman–Crippen LogP) is 2.00. The highest BCUT2D eigenvalue weighted by Gasteiger charge is 2.33. The molecule has 0 aliphatic heterocycles. The number of carbonyl (C=O) groups excluding carboxylic acids is 1. The zero-order chi connectivity index (χ0) is 15.6. The molecule has 0 spiro atoms. The summed E-state index contributed by atoms with van der Waals surface area (Å²) in [6, 6.07) is -0.290. The van der Waals surface area contributed by atoms with Crippen LogP contribution in [0, 0.1) is 13.8 Å². The first-order valence-electron chi connectivity index (χ1n) is 7.11. The van der Waals surface area contributed by atoms with Gasteiger partial charge in [0.2, 0.25) is 0 Å². The van der Waals surface area contributed by atoms with E-state index in [0.29, 0.717) is 5.76 Å². The highest BCUT2D eigenvalue weighted by molar-refractivity contribution is 5.76. The van der Waals surface area contributed by atoms with Gasteiger partial charge < -0.3 is 19.8 Å². The largest absolute Gasteiger partial charge is 0.481 e. The van der Waals surface area contributed by atoms with Crippen molar-refractivity contribution in [2.45, 2.75) is 52.1 Å². The SMILES string of the molecule is Cc1noc(C)c1C(C)NC(=O)N(CCC(=O)O)C1CC1. The first kappa shape index (κ1) is 15.3. The van der Waals surface area contributed by atoms with E-state index in [9.17, 15) is 9.59 Å². The lowest BCUT2D eigenvalue weighted by Crippen LogP contribution is -2.43. The number of carbonyl (C=O) groups is 2. The summed E-state index contributed by atoms with van der Waals surface area (Å²) in [6.07, 6.45) is 1.84. The fourth-order valence-electron chi connectivity index (χ4n) is 2.50. The molecule has 1 fully saturated rings. The maximum atomic E-state index is 12.3. The summed E-state index contributed by atoms with van der Waals surface area (Å²) in [5.41, 5.74) is 1.63. The molecular formula is C14H21N3O4. The number of carboxylic acids is 1. The van der Waals surface area contributed by atoms with Gasteiger partial charge in [-0.05, 0) is 33.6 Å². The Morgan fingerprint density at radius 3 is 2.62 bits per heavy atom. The van der Waals surface area contributed by atoms with Crippen LogP contribution in [0.3, 0.4) is 0 Å². The second kappa shape index (κ2) is 6.15. The molecule has 2 rings (SSSR count). The smallest absolute Gasteiger partial charge is 0.318 e. The fraction of sp³-hybridized carbons (Fsp3) is 0.643. The van der Waals surface area contributed by atoms with Crippen LogP contribution in [-0.4, -0.2) is 39.8 Å². The van der Waals surface area contributed by atoms with Crippen LogP contribution in [-0.2, 0) is 4.79 Å². The summed E-state index contributed by atoms with van der Waals surface area (Å²) < 4.78 is 5.10. The van der Waals surface area contributed by atoms with Crippen molar-refractivity contribution in [2.24, 2.45) is 0 Å². The van der Waals surface area contributed by atoms with Gasteiger partial charge in [-0.3, -0.25) is 4.79 Å². The maximum Gasteiger partial charge on any atom is 0.318 e. The molecule has 0 radical (unpaired) electrons. The molecule has 1 unspecified atom stereocenters. The van der Waals surface area contributed by atoms with E-state index in [1.165, 1.54) is 0 Å². The average molecular weight is 295 g/mol. The van der Waals surface area contributed by atoms with E-state index in [-0.39, 0.29) is 31.1 Å². The van der Waals surface area contributed by atoms with E-state index in [4.69, 9.17) is 9.63 Å². The number of aryl methyl sites for hydroxylation is 2. The Kier molecular flexibility index (Phi) is 4.50. The zero-order valence-electron chi connectivity index (χ0n) is 12.5. The fourth-order valence-corrected chi connectivity index (χ4v) is 2.50. The third kappa shape index (κ3) is 3.74. The van der Waals surface area contributed by atoms with Crippen LogP contribution < -0.4 is 5.32 Å². The number of urea groups is 1. The number of nitrogens with zero attached hydrogens (tertiary/aromatic N) is 2. The Morgan fingerprint density at radius 1 is 1.48 bits per heavy atom. The minimum Gasteiger partial charge on any atom is -0.481 e. The molecule has 1 atom stereocenters. The van der Waals surface area contributed by atoms with E-state index < -0.39 is 5.97 Å². The minimum atomic E-state index is -0.896. The van der Waals surface area contributed by atoms with E-state index in [0.717, 1.165) is 24.1 Å². The second-order valence-corrected chi connectivity index (χ2v) is 5.48. The molecular weight excluding hydrogens is 274 g/mol. The third-order valence-corrected chi connectivity index (χ3v) is 3.68.